The molecule has 1 heterocycles. The summed E-state index contributed by atoms with van der Waals surface area (Å²) in [6.07, 6.45) is 1.12. The number of carbonyl (C=O) groups excluding carboxylic acids is 1. The first-order valence-electron chi connectivity index (χ1n) is 7.12. The van der Waals surface area contributed by atoms with Gasteiger partial charge in [-0.05, 0) is 31.1 Å². The van der Waals surface area contributed by atoms with E-state index in [-0.39, 0.29) is 11.8 Å². The smallest absolute Gasteiger partial charge is 0.330 e. The molecule has 1 aliphatic heterocycles. The van der Waals surface area contributed by atoms with Crippen molar-refractivity contribution < 1.29 is 14.7 Å². The van der Waals surface area contributed by atoms with Crippen LogP contribution in [0.1, 0.15) is 24.5 Å². The lowest BCUT2D eigenvalue weighted by molar-refractivity contribution is -0.147. The van der Waals surface area contributed by atoms with Crippen LogP contribution < -0.4 is 5.32 Å². The maximum absolute atomic E-state index is 12.3. The Morgan fingerprint density at radius 3 is 2.57 bits per heavy atom. The van der Waals surface area contributed by atoms with Crippen LogP contribution in [0, 0.1) is 12.8 Å². The lowest BCUT2D eigenvalue weighted by Gasteiger charge is -2.26. The van der Waals surface area contributed by atoms with Crippen LogP contribution in [0.3, 0.4) is 0 Å². The van der Waals surface area contributed by atoms with Crippen molar-refractivity contribution in [2.24, 2.45) is 5.92 Å². The van der Waals surface area contributed by atoms with Gasteiger partial charge in [0.25, 0.3) is 0 Å². The number of nitrogens with one attached hydrogen (secondary N) is 1. The number of carboxylic acid groups (broad SMARTS) is 1. The molecule has 0 bridgehead atoms. The van der Waals surface area contributed by atoms with Crippen LogP contribution in [0.2, 0.25) is 0 Å². The predicted octanol–water partition coefficient (Wildman–Crippen LogP) is 2.25. The monoisotopic (exact) mass is 307 g/mol. The second kappa shape index (κ2) is 6.52. The summed E-state index contributed by atoms with van der Waals surface area (Å²) in [4.78, 5) is 23.7. The SMILES string of the molecule is Cc1ccc(CC(C)C(=O)NC2(C(=O)O)CCSC2)cc1. The molecule has 2 atom stereocenters. The van der Waals surface area contributed by atoms with Crippen LogP contribution >= 0.6 is 11.8 Å². The van der Waals surface area contributed by atoms with Crippen LogP contribution in [-0.2, 0) is 16.0 Å². The van der Waals surface area contributed by atoms with Gasteiger partial charge in [0.2, 0.25) is 5.91 Å². The van der Waals surface area contributed by atoms with E-state index in [4.69, 9.17) is 0 Å². The van der Waals surface area contributed by atoms with E-state index < -0.39 is 11.5 Å². The number of aryl methyl sites for hydroxylation is 1. The average Bonchev–Trinajstić information content (AvgIpc) is 2.91. The molecule has 0 radical (unpaired) electrons. The van der Waals surface area contributed by atoms with Gasteiger partial charge in [-0.3, -0.25) is 4.79 Å². The van der Waals surface area contributed by atoms with Gasteiger partial charge in [0.05, 0.1) is 0 Å². The van der Waals surface area contributed by atoms with E-state index in [1.165, 1.54) is 5.56 Å². The van der Waals surface area contributed by atoms with Gasteiger partial charge in [0.15, 0.2) is 0 Å². The molecule has 1 saturated heterocycles. The highest BCUT2D eigenvalue weighted by molar-refractivity contribution is 7.99. The van der Waals surface area contributed by atoms with Crippen LogP contribution in [0.4, 0.5) is 0 Å². The molecule has 4 nitrogen and oxygen atoms in total. The zero-order valence-corrected chi connectivity index (χ0v) is 13.2. The topological polar surface area (TPSA) is 66.4 Å². The second-order valence-electron chi connectivity index (χ2n) is 5.77. The molecule has 2 rings (SSSR count). The first-order chi connectivity index (χ1) is 9.93. The summed E-state index contributed by atoms with van der Waals surface area (Å²) in [6.45, 7) is 3.86. The molecule has 1 aromatic carbocycles. The van der Waals surface area contributed by atoms with Crippen LogP contribution in [0.5, 0.6) is 0 Å². The van der Waals surface area contributed by atoms with Gasteiger partial charge >= 0.3 is 5.97 Å². The summed E-state index contributed by atoms with van der Waals surface area (Å²) in [6, 6.07) is 8.06. The van der Waals surface area contributed by atoms with Gasteiger partial charge in [0.1, 0.15) is 5.54 Å². The number of hydrogen-bond acceptors (Lipinski definition) is 3. The van der Waals surface area contributed by atoms with Gasteiger partial charge in [-0.15, -0.1) is 0 Å². The van der Waals surface area contributed by atoms with Crippen molar-refractivity contribution in [3.05, 3.63) is 35.4 Å². The van der Waals surface area contributed by atoms with Crippen molar-refractivity contribution in [3.8, 4) is 0 Å². The van der Waals surface area contributed by atoms with Crippen LogP contribution in [-0.4, -0.2) is 34.0 Å². The summed E-state index contributed by atoms with van der Waals surface area (Å²) in [5, 5.41) is 12.2. The summed E-state index contributed by atoms with van der Waals surface area (Å²) >= 11 is 1.57. The molecule has 0 aromatic heterocycles. The lowest BCUT2D eigenvalue weighted by atomic mass is 9.95. The number of hydrogen-bond donors (Lipinski definition) is 2. The third-order valence-electron chi connectivity index (χ3n) is 3.90. The van der Waals surface area contributed by atoms with E-state index in [1.807, 2.05) is 38.1 Å². The lowest BCUT2D eigenvalue weighted by Crippen LogP contribution is -2.56. The molecule has 0 spiro atoms. The highest BCUT2D eigenvalue weighted by Crippen LogP contribution is 2.28. The molecule has 1 aromatic rings. The van der Waals surface area contributed by atoms with Crippen molar-refractivity contribution in [3.63, 3.8) is 0 Å². The van der Waals surface area contributed by atoms with Crippen molar-refractivity contribution in [1.82, 2.24) is 5.32 Å². The summed E-state index contributed by atoms with van der Waals surface area (Å²) in [5.41, 5.74) is 1.20. The average molecular weight is 307 g/mol. The normalized spacial score (nSPS) is 22.8. The van der Waals surface area contributed by atoms with E-state index >= 15 is 0 Å². The number of thioether (sulfide) groups is 1. The molecule has 2 N–H and O–H groups in total. The third-order valence-corrected chi connectivity index (χ3v) is 5.09. The Balaban J connectivity index is 1.99. The fourth-order valence-corrected chi connectivity index (χ4v) is 3.74. The number of amides is 1. The molecule has 5 heteroatoms. The molecule has 21 heavy (non-hydrogen) atoms. The van der Waals surface area contributed by atoms with E-state index in [1.54, 1.807) is 11.8 Å². The van der Waals surface area contributed by atoms with E-state index in [0.29, 0.717) is 18.6 Å². The van der Waals surface area contributed by atoms with E-state index in [0.717, 1.165) is 11.3 Å². The zero-order chi connectivity index (χ0) is 15.5. The molecule has 1 amide bonds. The Kier molecular flexibility index (Phi) is 4.93. The number of carboxylic acids is 1. The predicted molar refractivity (Wildman–Crippen MR) is 84.5 cm³/mol. The van der Waals surface area contributed by atoms with Gasteiger partial charge < -0.3 is 10.4 Å². The maximum atomic E-state index is 12.3. The molecule has 1 fully saturated rings. The number of aliphatic carboxylic acids is 1. The van der Waals surface area contributed by atoms with Crippen molar-refractivity contribution >= 4 is 23.6 Å². The Labute approximate surface area is 129 Å². The minimum atomic E-state index is -1.08. The van der Waals surface area contributed by atoms with Crippen molar-refractivity contribution in [2.75, 3.05) is 11.5 Å². The molecule has 0 saturated carbocycles. The first-order valence-corrected chi connectivity index (χ1v) is 8.27. The van der Waals surface area contributed by atoms with Gasteiger partial charge in [-0.2, -0.15) is 11.8 Å². The largest absolute Gasteiger partial charge is 0.479 e. The van der Waals surface area contributed by atoms with Crippen LogP contribution in [0.25, 0.3) is 0 Å². The number of carbonyl (C=O) groups is 2. The zero-order valence-electron chi connectivity index (χ0n) is 12.4. The standard InChI is InChI=1S/C16H21NO3S/c1-11-3-5-13(6-4-11)9-12(2)14(18)17-16(15(19)20)7-8-21-10-16/h3-6,12H,7-10H2,1-2H3,(H,17,18)(H,19,20). The van der Waals surface area contributed by atoms with E-state index in [9.17, 15) is 14.7 Å². The summed E-state index contributed by atoms with van der Waals surface area (Å²) in [7, 11) is 0. The Bertz CT molecular complexity index is 521. The van der Waals surface area contributed by atoms with Gasteiger partial charge in [-0.1, -0.05) is 36.8 Å². The Morgan fingerprint density at radius 1 is 1.38 bits per heavy atom. The quantitative estimate of drug-likeness (QED) is 0.875. The van der Waals surface area contributed by atoms with Crippen LogP contribution in [0.15, 0.2) is 24.3 Å². The number of benzene rings is 1. The highest BCUT2D eigenvalue weighted by atomic mass is 32.2. The highest BCUT2D eigenvalue weighted by Gasteiger charge is 2.43. The molecule has 1 aliphatic rings. The van der Waals surface area contributed by atoms with Crippen molar-refractivity contribution in [1.29, 1.82) is 0 Å². The fraction of sp³-hybridized carbons (Fsp3) is 0.500. The number of rotatable bonds is 5. The van der Waals surface area contributed by atoms with Gasteiger partial charge in [-0.25, -0.2) is 4.79 Å². The molecular weight excluding hydrogens is 286 g/mol. The summed E-state index contributed by atoms with van der Waals surface area (Å²) < 4.78 is 0. The first kappa shape index (κ1) is 15.9. The fourth-order valence-electron chi connectivity index (χ4n) is 2.42. The molecular formula is C16H21NO3S. The molecule has 2 unspecified atom stereocenters. The van der Waals surface area contributed by atoms with E-state index in [2.05, 4.69) is 5.32 Å². The minimum Gasteiger partial charge on any atom is -0.479 e. The van der Waals surface area contributed by atoms with Gasteiger partial charge in [0, 0.05) is 11.7 Å². The summed E-state index contributed by atoms with van der Waals surface area (Å²) in [5.74, 6) is -0.122. The maximum Gasteiger partial charge on any atom is 0.330 e. The Hall–Kier alpha value is -1.49. The molecule has 0 aliphatic carbocycles. The minimum absolute atomic E-state index is 0.180. The third kappa shape index (κ3) is 3.79. The molecule has 114 valence electrons. The Morgan fingerprint density at radius 2 is 2.05 bits per heavy atom. The van der Waals surface area contributed by atoms with Crippen molar-refractivity contribution in [2.45, 2.75) is 32.2 Å². The second-order valence-corrected chi connectivity index (χ2v) is 6.88.